The molecule has 6 nitrogen and oxygen atoms in total. The molecule has 3 aromatic rings. The van der Waals surface area contributed by atoms with Crippen molar-refractivity contribution in [3.05, 3.63) is 82.9 Å². The molecule has 2 amide bonds. The van der Waals surface area contributed by atoms with E-state index in [9.17, 15) is 22.8 Å². The average Bonchev–Trinajstić information content (AvgIpc) is 3.13. The predicted molar refractivity (Wildman–Crippen MR) is 117 cm³/mol. The number of rotatable bonds is 7. The van der Waals surface area contributed by atoms with Crippen LogP contribution in [0, 0.1) is 30.3 Å². The van der Waals surface area contributed by atoms with Gasteiger partial charge in [-0.2, -0.15) is 5.10 Å². The second-order valence-electron chi connectivity index (χ2n) is 8.10. The Labute approximate surface area is 189 Å². The van der Waals surface area contributed by atoms with Gasteiger partial charge in [-0.15, -0.1) is 0 Å². The van der Waals surface area contributed by atoms with Gasteiger partial charge in [0, 0.05) is 11.3 Å². The number of hydrogen-bond acceptors (Lipinski definition) is 3. The van der Waals surface area contributed by atoms with Crippen LogP contribution in [-0.2, 0) is 4.79 Å². The Morgan fingerprint density at radius 2 is 1.55 bits per heavy atom. The lowest BCUT2D eigenvalue weighted by Crippen LogP contribution is -2.50. The maximum Gasteiger partial charge on any atom is 0.257 e. The van der Waals surface area contributed by atoms with Gasteiger partial charge in [0.2, 0.25) is 5.91 Å². The van der Waals surface area contributed by atoms with Crippen LogP contribution < -0.4 is 10.6 Å². The molecule has 2 atom stereocenters. The number of nitrogens with one attached hydrogen (secondary N) is 2. The first-order valence-corrected chi connectivity index (χ1v) is 10.5. The highest BCUT2D eigenvalue weighted by Gasteiger charge is 2.29. The van der Waals surface area contributed by atoms with Crippen molar-refractivity contribution < 1.29 is 22.8 Å². The zero-order valence-corrected chi connectivity index (χ0v) is 18.7. The molecular weight excluding hydrogens is 433 g/mol. The third-order valence-electron chi connectivity index (χ3n) is 5.37. The Kier molecular flexibility index (Phi) is 7.20. The second kappa shape index (κ2) is 9.89. The van der Waals surface area contributed by atoms with Gasteiger partial charge in [0.1, 0.15) is 29.1 Å². The minimum absolute atomic E-state index is 0.348. The molecule has 3 rings (SSSR count). The van der Waals surface area contributed by atoms with Crippen LogP contribution >= 0.6 is 0 Å². The fraction of sp³-hybridized carbons (Fsp3) is 0.292. The molecule has 2 aromatic carbocycles. The minimum atomic E-state index is -1.02. The van der Waals surface area contributed by atoms with E-state index in [1.807, 2.05) is 6.92 Å². The smallest absolute Gasteiger partial charge is 0.257 e. The van der Waals surface area contributed by atoms with Gasteiger partial charge < -0.3 is 10.6 Å². The fourth-order valence-electron chi connectivity index (χ4n) is 3.53. The SMILES string of the molecule is Cc1c(C(C)NC(=O)[C@@H](NC(=O)c2c(F)cccc2F)C(C)C)cnn1-c1ccc(F)cc1. The van der Waals surface area contributed by atoms with Crippen molar-refractivity contribution in [1.82, 2.24) is 20.4 Å². The monoisotopic (exact) mass is 458 g/mol. The van der Waals surface area contributed by atoms with Crippen molar-refractivity contribution in [3.63, 3.8) is 0 Å². The predicted octanol–water partition coefficient (Wildman–Crippen LogP) is 4.23. The Morgan fingerprint density at radius 1 is 0.939 bits per heavy atom. The van der Waals surface area contributed by atoms with Gasteiger partial charge >= 0.3 is 0 Å². The summed E-state index contributed by atoms with van der Waals surface area (Å²) in [5.41, 5.74) is 1.40. The number of carbonyl (C=O) groups excluding carboxylic acids is 2. The lowest BCUT2D eigenvalue weighted by atomic mass is 10.0. The Hall–Kier alpha value is -3.62. The number of benzene rings is 2. The molecule has 0 saturated heterocycles. The summed E-state index contributed by atoms with van der Waals surface area (Å²) in [6, 6.07) is 7.46. The molecule has 0 aliphatic carbocycles. The molecule has 0 saturated carbocycles. The van der Waals surface area contributed by atoms with Gasteiger partial charge in [0.15, 0.2) is 0 Å². The number of hydrogen-bond donors (Lipinski definition) is 2. The van der Waals surface area contributed by atoms with Gasteiger partial charge in [-0.25, -0.2) is 17.9 Å². The lowest BCUT2D eigenvalue weighted by molar-refractivity contribution is -0.124. The molecule has 1 heterocycles. The molecule has 2 N–H and O–H groups in total. The first-order valence-electron chi connectivity index (χ1n) is 10.5. The standard InChI is InChI=1S/C24H25F3N4O2/c1-13(2)22(30-23(32)21-19(26)6-5-7-20(21)27)24(33)29-14(3)18-12-28-31(15(18)4)17-10-8-16(25)9-11-17/h5-14,22H,1-4H3,(H,29,33)(H,30,32)/t14?,22-/m0/s1. The van der Waals surface area contributed by atoms with Crippen LogP contribution in [0.4, 0.5) is 13.2 Å². The quantitative estimate of drug-likeness (QED) is 0.556. The van der Waals surface area contributed by atoms with Crippen LogP contribution in [0.1, 0.15) is 48.4 Å². The molecule has 1 aromatic heterocycles. The van der Waals surface area contributed by atoms with E-state index in [0.717, 1.165) is 29.5 Å². The van der Waals surface area contributed by atoms with Gasteiger partial charge in [0.05, 0.1) is 17.9 Å². The van der Waals surface area contributed by atoms with Crippen LogP contribution in [0.5, 0.6) is 0 Å². The average molecular weight is 458 g/mol. The maximum absolute atomic E-state index is 14.0. The van der Waals surface area contributed by atoms with Crippen LogP contribution in [0.15, 0.2) is 48.7 Å². The Bertz CT molecular complexity index is 1140. The van der Waals surface area contributed by atoms with Crippen LogP contribution in [0.2, 0.25) is 0 Å². The number of carbonyl (C=O) groups is 2. The fourth-order valence-corrected chi connectivity index (χ4v) is 3.53. The first kappa shape index (κ1) is 24.0. The third-order valence-corrected chi connectivity index (χ3v) is 5.37. The molecule has 1 unspecified atom stereocenters. The summed E-state index contributed by atoms with van der Waals surface area (Å²) in [5, 5.41) is 9.58. The van der Waals surface area contributed by atoms with E-state index in [4.69, 9.17) is 0 Å². The molecule has 0 spiro atoms. The summed E-state index contributed by atoms with van der Waals surface area (Å²) in [6.45, 7) is 7.00. The number of aromatic nitrogens is 2. The highest BCUT2D eigenvalue weighted by molar-refractivity contribution is 5.98. The van der Waals surface area contributed by atoms with E-state index >= 15 is 0 Å². The van der Waals surface area contributed by atoms with Crippen LogP contribution in [-0.4, -0.2) is 27.6 Å². The summed E-state index contributed by atoms with van der Waals surface area (Å²) in [7, 11) is 0. The van der Waals surface area contributed by atoms with E-state index in [1.54, 1.807) is 43.8 Å². The molecule has 0 radical (unpaired) electrons. The molecule has 33 heavy (non-hydrogen) atoms. The zero-order chi connectivity index (χ0) is 24.3. The Morgan fingerprint density at radius 3 is 2.12 bits per heavy atom. The molecule has 0 aliphatic heterocycles. The van der Waals surface area contributed by atoms with Crippen molar-refractivity contribution in [1.29, 1.82) is 0 Å². The molecule has 0 bridgehead atoms. The van der Waals surface area contributed by atoms with E-state index in [-0.39, 0.29) is 11.7 Å². The number of halogens is 3. The zero-order valence-electron chi connectivity index (χ0n) is 18.7. The van der Waals surface area contributed by atoms with Crippen LogP contribution in [0.3, 0.4) is 0 Å². The van der Waals surface area contributed by atoms with Crippen molar-refractivity contribution >= 4 is 11.8 Å². The van der Waals surface area contributed by atoms with Gasteiger partial charge in [-0.3, -0.25) is 9.59 Å². The highest BCUT2D eigenvalue weighted by atomic mass is 19.1. The Balaban J connectivity index is 1.75. The van der Waals surface area contributed by atoms with E-state index in [1.165, 1.54) is 12.1 Å². The summed E-state index contributed by atoms with van der Waals surface area (Å²) < 4.78 is 42.8. The third kappa shape index (κ3) is 5.24. The van der Waals surface area contributed by atoms with E-state index in [0.29, 0.717) is 5.69 Å². The van der Waals surface area contributed by atoms with Crippen molar-refractivity contribution in [2.45, 2.75) is 39.8 Å². The summed E-state index contributed by atoms with van der Waals surface area (Å²) in [5.74, 6) is -4.23. The van der Waals surface area contributed by atoms with E-state index < -0.39 is 41.1 Å². The highest BCUT2D eigenvalue weighted by Crippen LogP contribution is 2.21. The summed E-state index contributed by atoms with van der Waals surface area (Å²) in [6.07, 6.45) is 1.60. The molecule has 174 valence electrons. The first-order chi connectivity index (χ1) is 15.6. The normalized spacial score (nSPS) is 13.0. The molecule has 9 heteroatoms. The van der Waals surface area contributed by atoms with Crippen LogP contribution in [0.25, 0.3) is 5.69 Å². The maximum atomic E-state index is 14.0. The van der Waals surface area contributed by atoms with Gasteiger partial charge in [-0.1, -0.05) is 19.9 Å². The van der Waals surface area contributed by atoms with Crippen molar-refractivity contribution in [2.75, 3.05) is 0 Å². The van der Waals surface area contributed by atoms with Crippen molar-refractivity contribution in [3.8, 4) is 5.69 Å². The molecular formula is C24H25F3N4O2. The lowest BCUT2D eigenvalue weighted by Gasteiger charge is -2.24. The number of nitrogens with zero attached hydrogens (tertiary/aromatic N) is 2. The molecule has 0 fully saturated rings. The largest absolute Gasteiger partial charge is 0.348 e. The minimum Gasteiger partial charge on any atom is -0.348 e. The van der Waals surface area contributed by atoms with Gasteiger partial charge in [0.25, 0.3) is 5.91 Å². The second-order valence-corrected chi connectivity index (χ2v) is 8.10. The summed E-state index contributed by atoms with van der Waals surface area (Å²) >= 11 is 0. The number of amides is 2. The summed E-state index contributed by atoms with van der Waals surface area (Å²) in [4.78, 5) is 25.4. The van der Waals surface area contributed by atoms with E-state index in [2.05, 4.69) is 15.7 Å². The van der Waals surface area contributed by atoms with Crippen molar-refractivity contribution in [2.24, 2.45) is 5.92 Å². The topological polar surface area (TPSA) is 76.0 Å². The van der Waals surface area contributed by atoms with Gasteiger partial charge in [-0.05, 0) is 56.2 Å². The molecule has 0 aliphatic rings.